The molecule has 2 aliphatic rings. The largest absolute Gasteiger partial charge is 0.289 e. The smallest absolute Gasteiger partial charge is 0.239 e. The highest BCUT2D eigenvalue weighted by molar-refractivity contribution is 5.37. The molecule has 2 aliphatic heterocycles. The van der Waals surface area contributed by atoms with Gasteiger partial charge in [-0.25, -0.2) is 0 Å². The summed E-state index contributed by atoms with van der Waals surface area (Å²) in [7, 11) is 0. The van der Waals surface area contributed by atoms with E-state index in [1.165, 1.54) is 5.56 Å². The second kappa shape index (κ2) is 5.95. The normalized spacial score (nSPS) is 28.0. The van der Waals surface area contributed by atoms with E-state index in [1.54, 1.807) is 0 Å². The molecule has 4 rings (SSSR count). The maximum Gasteiger partial charge on any atom is 0.239 e. The summed E-state index contributed by atoms with van der Waals surface area (Å²) >= 11 is 0. The van der Waals surface area contributed by atoms with Gasteiger partial charge in [-0.1, -0.05) is 68.4 Å². The Morgan fingerprint density at radius 1 is 1.08 bits per heavy atom. The van der Waals surface area contributed by atoms with Gasteiger partial charge in [0.15, 0.2) is 0 Å². The van der Waals surface area contributed by atoms with Crippen LogP contribution in [0.2, 0.25) is 0 Å². The van der Waals surface area contributed by atoms with Crippen molar-refractivity contribution < 1.29 is 4.92 Å². The molecule has 0 aromatic heterocycles. The second-order valence-corrected chi connectivity index (χ2v) is 8.02. The second-order valence-electron chi connectivity index (χ2n) is 8.02. The number of piperidine rings is 1. The molecule has 1 fully saturated rings. The number of rotatable bonds is 2. The first kappa shape index (κ1) is 16.3. The van der Waals surface area contributed by atoms with Crippen molar-refractivity contribution in [2.24, 2.45) is 5.41 Å². The molecule has 130 valence electrons. The van der Waals surface area contributed by atoms with E-state index < -0.39 is 6.04 Å². The molecule has 0 radical (unpaired) electrons. The molecule has 0 saturated carbocycles. The topological polar surface area (TPSA) is 46.4 Å². The van der Waals surface area contributed by atoms with Gasteiger partial charge in [-0.2, -0.15) is 0 Å². The number of hydrogen-bond acceptors (Lipinski definition) is 3. The summed E-state index contributed by atoms with van der Waals surface area (Å²) in [4.78, 5) is 14.6. The van der Waals surface area contributed by atoms with Crippen molar-refractivity contribution in [3.8, 4) is 0 Å². The lowest BCUT2D eigenvalue weighted by atomic mass is 9.64. The van der Waals surface area contributed by atoms with Crippen LogP contribution in [0.5, 0.6) is 0 Å². The molecule has 0 N–H and O–H groups in total. The van der Waals surface area contributed by atoms with Crippen molar-refractivity contribution in [3.05, 3.63) is 81.4 Å². The van der Waals surface area contributed by atoms with Crippen LogP contribution in [0.25, 0.3) is 0 Å². The SMILES string of the molecule is CC1(C)CN2CCc3ccccc3C2C([N+](=O)[O-])C1c1ccccc1. The van der Waals surface area contributed by atoms with Crippen molar-refractivity contribution in [1.82, 2.24) is 4.90 Å². The summed E-state index contributed by atoms with van der Waals surface area (Å²) in [6.07, 6.45) is 0.975. The Bertz CT molecular complexity index is 787. The molecule has 0 aliphatic carbocycles. The van der Waals surface area contributed by atoms with Gasteiger partial charge in [-0.3, -0.25) is 15.0 Å². The van der Waals surface area contributed by atoms with E-state index in [-0.39, 0.29) is 22.3 Å². The first-order valence-corrected chi connectivity index (χ1v) is 8.99. The van der Waals surface area contributed by atoms with Gasteiger partial charge in [-0.15, -0.1) is 0 Å². The molecule has 0 bridgehead atoms. The zero-order valence-corrected chi connectivity index (χ0v) is 14.8. The number of nitro groups is 1. The van der Waals surface area contributed by atoms with Crippen molar-refractivity contribution in [2.75, 3.05) is 13.1 Å². The minimum atomic E-state index is -0.632. The molecular formula is C21H24N2O2. The summed E-state index contributed by atoms with van der Waals surface area (Å²) in [5.74, 6) is -0.101. The molecule has 2 heterocycles. The number of fused-ring (bicyclic) bond motifs is 3. The number of hydrogen-bond donors (Lipinski definition) is 0. The van der Waals surface area contributed by atoms with Crippen LogP contribution in [0, 0.1) is 15.5 Å². The molecule has 0 spiro atoms. The minimum Gasteiger partial charge on any atom is -0.289 e. The average Bonchev–Trinajstić information content (AvgIpc) is 2.60. The summed E-state index contributed by atoms with van der Waals surface area (Å²) < 4.78 is 0. The maximum atomic E-state index is 12.3. The van der Waals surface area contributed by atoms with Crippen LogP contribution >= 0.6 is 0 Å². The summed E-state index contributed by atoms with van der Waals surface area (Å²) in [6, 6.07) is 17.5. The Labute approximate surface area is 148 Å². The van der Waals surface area contributed by atoms with Gasteiger partial charge in [-0.05, 0) is 28.5 Å². The lowest BCUT2D eigenvalue weighted by molar-refractivity contribution is -0.544. The van der Waals surface area contributed by atoms with Crippen LogP contribution in [0.3, 0.4) is 0 Å². The predicted octanol–water partition coefficient (Wildman–Crippen LogP) is 4.05. The highest BCUT2D eigenvalue weighted by atomic mass is 16.6. The Morgan fingerprint density at radius 2 is 1.76 bits per heavy atom. The fraction of sp³-hybridized carbons (Fsp3) is 0.429. The predicted molar refractivity (Wildman–Crippen MR) is 98.2 cm³/mol. The van der Waals surface area contributed by atoms with Gasteiger partial charge in [0.1, 0.15) is 6.04 Å². The van der Waals surface area contributed by atoms with Gasteiger partial charge in [0.2, 0.25) is 6.04 Å². The van der Waals surface area contributed by atoms with Gasteiger partial charge in [0.05, 0.1) is 5.92 Å². The highest BCUT2D eigenvalue weighted by Gasteiger charge is 2.56. The Kier molecular flexibility index (Phi) is 3.88. The van der Waals surface area contributed by atoms with Crippen LogP contribution in [-0.4, -0.2) is 29.0 Å². The van der Waals surface area contributed by atoms with Crippen LogP contribution in [0.15, 0.2) is 54.6 Å². The van der Waals surface area contributed by atoms with E-state index in [9.17, 15) is 10.1 Å². The van der Waals surface area contributed by atoms with E-state index >= 15 is 0 Å². The molecule has 3 atom stereocenters. The first-order valence-electron chi connectivity index (χ1n) is 8.99. The quantitative estimate of drug-likeness (QED) is 0.614. The molecule has 4 heteroatoms. The molecule has 0 amide bonds. The van der Waals surface area contributed by atoms with Gasteiger partial charge in [0.25, 0.3) is 0 Å². The molecule has 2 aromatic rings. The Balaban J connectivity index is 1.87. The molecule has 25 heavy (non-hydrogen) atoms. The maximum absolute atomic E-state index is 12.3. The van der Waals surface area contributed by atoms with Crippen molar-refractivity contribution >= 4 is 0 Å². The summed E-state index contributed by atoms with van der Waals surface area (Å²) in [5, 5.41) is 12.3. The molecule has 2 aromatic carbocycles. The van der Waals surface area contributed by atoms with E-state index in [0.29, 0.717) is 0 Å². The van der Waals surface area contributed by atoms with Gasteiger partial charge < -0.3 is 0 Å². The molecule has 1 saturated heterocycles. The highest BCUT2D eigenvalue weighted by Crippen LogP contribution is 2.51. The van der Waals surface area contributed by atoms with E-state index in [4.69, 9.17) is 0 Å². The number of benzene rings is 2. The van der Waals surface area contributed by atoms with E-state index in [2.05, 4.69) is 30.9 Å². The van der Waals surface area contributed by atoms with Gasteiger partial charge in [0, 0.05) is 18.0 Å². The monoisotopic (exact) mass is 336 g/mol. The first-order chi connectivity index (χ1) is 12.0. The number of nitrogens with zero attached hydrogens (tertiary/aromatic N) is 2. The summed E-state index contributed by atoms with van der Waals surface area (Å²) in [5.41, 5.74) is 3.34. The minimum absolute atomic E-state index is 0.0294. The van der Waals surface area contributed by atoms with Crippen LogP contribution in [-0.2, 0) is 6.42 Å². The van der Waals surface area contributed by atoms with E-state index in [1.807, 2.05) is 42.5 Å². The fourth-order valence-corrected chi connectivity index (χ4v) is 5.04. The van der Waals surface area contributed by atoms with Crippen molar-refractivity contribution in [2.45, 2.75) is 38.3 Å². The third-order valence-corrected chi connectivity index (χ3v) is 5.96. The van der Waals surface area contributed by atoms with Crippen molar-refractivity contribution in [1.29, 1.82) is 0 Å². The summed E-state index contributed by atoms with van der Waals surface area (Å²) in [6.45, 7) is 6.14. The Morgan fingerprint density at radius 3 is 2.48 bits per heavy atom. The zero-order valence-electron chi connectivity index (χ0n) is 14.8. The third-order valence-electron chi connectivity index (χ3n) is 5.96. The molecular weight excluding hydrogens is 312 g/mol. The lowest BCUT2D eigenvalue weighted by Crippen LogP contribution is -2.58. The Hall–Kier alpha value is -2.20. The average molecular weight is 336 g/mol. The van der Waals surface area contributed by atoms with Gasteiger partial charge >= 0.3 is 0 Å². The lowest BCUT2D eigenvalue weighted by Gasteiger charge is -2.51. The van der Waals surface area contributed by atoms with E-state index in [0.717, 1.165) is 30.6 Å². The van der Waals surface area contributed by atoms with Crippen LogP contribution in [0.4, 0.5) is 0 Å². The standard InChI is InChI=1S/C21H24N2O2/c1-21(2)14-22-13-12-15-8-6-7-11-17(15)19(22)20(23(24)25)18(21)16-9-4-3-5-10-16/h3-11,18-20H,12-14H2,1-2H3. The van der Waals surface area contributed by atoms with Crippen molar-refractivity contribution in [3.63, 3.8) is 0 Å². The molecule has 4 nitrogen and oxygen atoms in total. The zero-order chi connectivity index (χ0) is 17.6. The van der Waals surface area contributed by atoms with Crippen LogP contribution in [0.1, 0.15) is 42.5 Å². The van der Waals surface area contributed by atoms with Crippen LogP contribution < -0.4 is 0 Å². The molecule has 3 unspecified atom stereocenters. The fourth-order valence-electron chi connectivity index (χ4n) is 5.04. The third kappa shape index (κ3) is 2.65.